The van der Waals surface area contributed by atoms with Gasteiger partial charge in [-0.15, -0.1) is 0 Å². The Labute approximate surface area is 211 Å². The standard InChI is InChI=1S/C30H30N4O2/c1-19-4-2-7-26(31-19)28-27(33-29(34-28)21-10-11-21)24-6-3-5-23(18-24)20-8-12-22(13-9-20)30(35)32-25-14-16-36-17-15-25/h2-9,12-13,18,21,25H,10-11,14-17H2,1H3,(H,32,35)(H,33,34). The van der Waals surface area contributed by atoms with Crippen LogP contribution >= 0.6 is 0 Å². The van der Waals surface area contributed by atoms with Gasteiger partial charge in [-0.1, -0.05) is 36.4 Å². The molecule has 1 saturated carbocycles. The lowest BCUT2D eigenvalue weighted by molar-refractivity contribution is 0.0696. The van der Waals surface area contributed by atoms with Crippen molar-refractivity contribution in [2.45, 2.75) is 44.6 Å². The molecule has 1 aliphatic carbocycles. The zero-order chi connectivity index (χ0) is 24.5. The predicted molar refractivity (Wildman–Crippen MR) is 141 cm³/mol. The number of pyridine rings is 1. The first-order valence-corrected chi connectivity index (χ1v) is 12.8. The van der Waals surface area contributed by atoms with Gasteiger partial charge in [0.05, 0.1) is 17.1 Å². The molecule has 6 heteroatoms. The molecule has 2 fully saturated rings. The van der Waals surface area contributed by atoms with Gasteiger partial charge in [-0.3, -0.25) is 9.78 Å². The van der Waals surface area contributed by atoms with Gasteiger partial charge in [0.25, 0.3) is 5.91 Å². The number of nitrogens with one attached hydrogen (secondary N) is 2. The number of aromatic amines is 1. The van der Waals surface area contributed by atoms with E-state index in [0.29, 0.717) is 24.7 Å². The summed E-state index contributed by atoms with van der Waals surface area (Å²) in [6.45, 7) is 3.43. The highest BCUT2D eigenvalue weighted by Crippen LogP contribution is 2.41. The van der Waals surface area contributed by atoms with Crippen LogP contribution in [-0.4, -0.2) is 40.1 Å². The van der Waals surface area contributed by atoms with Crippen molar-refractivity contribution in [2.75, 3.05) is 13.2 Å². The van der Waals surface area contributed by atoms with Gasteiger partial charge in [-0.2, -0.15) is 0 Å². The number of carbonyl (C=O) groups excluding carboxylic acids is 1. The summed E-state index contributed by atoms with van der Waals surface area (Å²) in [5.41, 5.74) is 7.68. The molecule has 4 aromatic rings. The quantitative estimate of drug-likeness (QED) is 0.362. The Morgan fingerprint density at radius 2 is 1.64 bits per heavy atom. The molecule has 2 aromatic carbocycles. The highest BCUT2D eigenvalue weighted by Gasteiger charge is 2.29. The molecule has 0 atom stereocenters. The first kappa shape index (κ1) is 22.7. The Bertz CT molecular complexity index is 1380. The molecule has 2 aromatic heterocycles. The van der Waals surface area contributed by atoms with E-state index in [0.717, 1.165) is 58.1 Å². The second kappa shape index (κ2) is 9.70. The lowest BCUT2D eigenvalue weighted by atomic mass is 9.99. The predicted octanol–water partition coefficient (Wildman–Crippen LogP) is 5.90. The highest BCUT2D eigenvalue weighted by molar-refractivity contribution is 5.95. The highest BCUT2D eigenvalue weighted by atomic mass is 16.5. The summed E-state index contributed by atoms with van der Waals surface area (Å²) in [4.78, 5) is 26.0. The Hall–Kier alpha value is -3.77. The number of rotatable bonds is 6. The van der Waals surface area contributed by atoms with Crippen LogP contribution in [0.4, 0.5) is 0 Å². The second-order valence-electron chi connectivity index (χ2n) is 9.80. The van der Waals surface area contributed by atoms with Crippen molar-refractivity contribution in [1.82, 2.24) is 20.3 Å². The smallest absolute Gasteiger partial charge is 0.251 e. The first-order valence-electron chi connectivity index (χ1n) is 12.8. The van der Waals surface area contributed by atoms with Crippen LogP contribution in [-0.2, 0) is 4.74 Å². The van der Waals surface area contributed by atoms with Gasteiger partial charge in [-0.25, -0.2) is 4.98 Å². The van der Waals surface area contributed by atoms with Crippen molar-refractivity contribution < 1.29 is 9.53 Å². The van der Waals surface area contributed by atoms with Gasteiger partial charge < -0.3 is 15.0 Å². The van der Waals surface area contributed by atoms with Crippen LogP contribution in [0.15, 0.2) is 66.7 Å². The molecular formula is C30H30N4O2. The number of H-pyrrole nitrogens is 1. The molecule has 182 valence electrons. The molecule has 3 heterocycles. The molecule has 0 radical (unpaired) electrons. The van der Waals surface area contributed by atoms with E-state index in [1.165, 1.54) is 12.8 Å². The van der Waals surface area contributed by atoms with Gasteiger partial charge in [-0.05, 0) is 74.1 Å². The third kappa shape index (κ3) is 4.82. The van der Waals surface area contributed by atoms with Crippen LogP contribution in [0.5, 0.6) is 0 Å². The molecule has 2 N–H and O–H groups in total. The van der Waals surface area contributed by atoms with Crippen molar-refractivity contribution in [3.63, 3.8) is 0 Å². The zero-order valence-corrected chi connectivity index (χ0v) is 20.5. The average Bonchev–Trinajstić information content (AvgIpc) is 3.67. The Morgan fingerprint density at radius 3 is 2.39 bits per heavy atom. The second-order valence-corrected chi connectivity index (χ2v) is 9.80. The minimum absolute atomic E-state index is 0.0263. The van der Waals surface area contributed by atoms with Crippen molar-refractivity contribution >= 4 is 5.91 Å². The molecule has 36 heavy (non-hydrogen) atoms. The summed E-state index contributed by atoms with van der Waals surface area (Å²) in [6.07, 6.45) is 4.10. The van der Waals surface area contributed by atoms with E-state index in [4.69, 9.17) is 14.7 Å². The Kier molecular flexibility index (Phi) is 6.11. The van der Waals surface area contributed by atoms with Crippen molar-refractivity contribution in [3.8, 4) is 33.8 Å². The number of aromatic nitrogens is 3. The maximum atomic E-state index is 12.7. The van der Waals surface area contributed by atoms with Crippen LogP contribution in [0, 0.1) is 6.92 Å². The number of aryl methyl sites for hydroxylation is 1. The molecule has 0 spiro atoms. The third-order valence-corrected chi connectivity index (χ3v) is 7.00. The van der Waals surface area contributed by atoms with Gasteiger partial charge in [0.2, 0.25) is 0 Å². The summed E-state index contributed by atoms with van der Waals surface area (Å²) < 4.78 is 5.39. The molecule has 0 unspecified atom stereocenters. The lowest BCUT2D eigenvalue weighted by Crippen LogP contribution is -2.38. The van der Waals surface area contributed by atoms with Crippen LogP contribution in [0.25, 0.3) is 33.8 Å². The van der Waals surface area contributed by atoms with Gasteiger partial charge >= 0.3 is 0 Å². The fourth-order valence-corrected chi connectivity index (χ4v) is 4.79. The number of benzene rings is 2. The van der Waals surface area contributed by atoms with E-state index >= 15 is 0 Å². The summed E-state index contributed by atoms with van der Waals surface area (Å²) in [5, 5.41) is 3.13. The summed E-state index contributed by atoms with van der Waals surface area (Å²) in [6, 6.07) is 22.5. The topological polar surface area (TPSA) is 79.9 Å². The van der Waals surface area contributed by atoms with Gasteiger partial charge in [0, 0.05) is 42.0 Å². The monoisotopic (exact) mass is 478 g/mol. The molecule has 1 amide bonds. The number of nitrogens with zero attached hydrogens (tertiary/aromatic N) is 2. The number of amides is 1. The first-order chi connectivity index (χ1) is 17.6. The maximum Gasteiger partial charge on any atom is 0.251 e. The van der Waals surface area contributed by atoms with Crippen molar-refractivity contribution in [2.24, 2.45) is 0 Å². The lowest BCUT2D eigenvalue weighted by Gasteiger charge is -2.23. The van der Waals surface area contributed by atoms with E-state index < -0.39 is 0 Å². The maximum absolute atomic E-state index is 12.7. The van der Waals surface area contributed by atoms with E-state index in [9.17, 15) is 4.79 Å². The van der Waals surface area contributed by atoms with E-state index in [1.807, 2.05) is 49.4 Å². The van der Waals surface area contributed by atoms with Gasteiger partial charge in [0.15, 0.2) is 0 Å². The normalized spacial score (nSPS) is 16.1. The molecule has 1 aliphatic heterocycles. The number of carbonyl (C=O) groups is 1. The van der Waals surface area contributed by atoms with Crippen molar-refractivity contribution in [1.29, 1.82) is 0 Å². The Balaban J connectivity index is 1.28. The van der Waals surface area contributed by atoms with Crippen LogP contribution in [0.3, 0.4) is 0 Å². The van der Waals surface area contributed by atoms with E-state index in [-0.39, 0.29) is 11.9 Å². The van der Waals surface area contributed by atoms with Gasteiger partial charge in [0.1, 0.15) is 5.82 Å². The minimum atomic E-state index is -0.0263. The molecule has 1 saturated heterocycles. The SMILES string of the molecule is Cc1cccc(-c2[nH]c(C3CC3)nc2-c2cccc(-c3ccc(C(=O)NC4CCOCC4)cc3)c2)n1. The fraction of sp³-hybridized carbons (Fsp3) is 0.300. The summed E-state index contributed by atoms with van der Waals surface area (Å²) >= 11 is 0. The minimum Gasteiger partial charge on any atom is -0.381 e. The number of ether oxygens (including phenoxy) is 1. The molecule has 0 bridgehead atoms. The zero-order valence-electron chi connectivity index (χ0n) is 20.5. The molecule has 2 aliphatic rings. The van der Waals surface area contributed by atoms with Crippen LogP contribution < -0.4 is 5.32 Å². The van der Waals surface area contributed by atoms with Crippen LogP contribution in [0.1, 0.15) is 53.5 Å². The number of hydrogen-bond acceptors (Lipinski definition) is 4. The number of hydrogen-bond donors (Lipinski definition) is 2. The average molecular weight is 479 g/mol. The molecule has 6 rings (SSSR count). The summed E-state index contributed by atoms with van der Waals surface area (Å²) in [7, 11) is 0. The third-order valence-electron chi connectivity index (χ3n) is 7.00. The molecule has 6 nitrogen and oxygen atoms in total. The van der Waals surface area contributed by atoms with Crippen LogP contribution in [0.2, 0.25) is 0 Å². The fourth-order valence-electron chi connectivity index (χ4n) is 4.79. The molecular weight excluding hydrogens is 448 g/mol. The number of imidazole rings is 1. The van der Waals surface area contributed by atoms with E-state index in [2.05, 4.69) is 34.6 Å². The van der Waals surface area contributed by atoms with E-state index in [1.54, 1.807) is 0 Å². The Morgan fingerprint density at radius 1 is 0.889 bits per heavy atom. The summed E-state index contributed by atoms with van der Waals surface area (Å²) in [5.74, 6) is 1.54. The van der Waals surface area contributed by atoms with Crippen molar-refractivity contribution in [3.05, 3.63) is 83.8 Å². The largest absolute Gasteiger partial charge is 0.381 e.